The molecule has 0 aromatic heterocycles. The van der Waals surface area contributed by atoms with Crippen molar-refractivity contribution in [2.75, 3.05) is 5.32 Å². The predicted octanol–water partition coefficient (Wildman–Crippen LogP) is 4.49. The van der Waals surface area contributed by atoms with Crippen molar-refractivity contribution in [2.24, 2.45) is 0 Å². The van der Waals surface area contributed by atoms with Gasteiger partial charge in [-0.15, -0.1) is 0 Å². The van der Waals surface area contributed by atoms with Crippen LogP contribution in [0.1, 0.15) is 10.4 Å². The second kappa shape index (κ2) is 5.50. The van der Waals surface area contributed by atoms with Gasteiger partial charge < -0.3 is 5.32 Å². The molecule has 0 aliphatic heterocycles. The van der Waals surface area contributed by atoms with Gasteiger partial charge in [-0.3, -0.25) is 4.79 Å². The van der Waals surface area contributed by atoms with Gasteiger partial charge in [0.15, 0.2) is 0 Å². The molecular formula is C13H8BrClFNO. The first-order valence-electron chi connectivity index (χ1n) is 5.09. The summed E-state index contributed by atoms with van der Waals surface area (Å²) in [4.78, 5) is 12.0. The molecule has 1 amide bonds. The minimum Gasteiger partial charge on any atom is -0.321 e. The molecule has 2 aromatic carbocycles. The van der Waals surface area contributed by atoms with Crippen LogP contribution in [0.5, 0.6) is 0 Å². The third kappa shape index (κ3) is 2.89. The number of carbonyl (C=O) groups excluding carboxylic acids is 1. The average Bonchev–Trinajstić information content (AvgIpc) is 2.34. The van der Waals surface area contributed by atoms with Gasteiger partial charge in [0.1, 0.15) is 5.82 Å². The summed E-state index contributed by atoms with van der Waals surface area (Å²) in [7, 11) is 0. The van der Waals surface area contributed by atoms with E-state index in [1.807, 2.05) is 0 Å². The monoisotopic (exact) mass is 327 g/mol. The van der Waals surface area contributed by atoms with E-state index in [0.717, 1.165) is 0 Å². The van der Waals surface area contributed by atoms with Gasteiger partial charge in [-0.1, -0.05) is 23.7 Å². The van der Waals surface area contributed by atoms with Gasteiger partial charge in [0.05, 0.1) is 16.3 Å². The van der Waals surface area contributed by atoms with E-state index in [9.17, 15) is 9.18 Å². The molecule has 0 heterocycles. The summed E-state index contributed by atoms with van der Waals surface area (Å²) in [5.74, 6) is -0.806. The van der Waals surface area contributed by atoms with Gasteiger partial charge in [0.25, 0.3) is 5.91 Å². The maximum atomic E-state index is 13.1. The zero-order valence-electron chi connectivity index (χ0n) is 9.08. The predicted molar refractivity (Wildman–Crippen MR) is 73.5 cm³/mol. The molecule has 0 unspecified atom stereocenters. The van der Waals surface area contributed by atoms with Crippen molar-refractivity contribution in [2.45, 2.75) is 0 Å². The second-order valence-electron chi connectivity index (χ2n) is 3.56. The van der Waals surface area contributed by atoms with E-state index in [1.165, 1.54) is 18.2 Å². The standard InChI is InChI=1S/C13H8BrClFNO/c14-10-6-5-8(16)7-12(10)17-13(18)9-3-1-2-4-11(9)15/h1-7H,(H,17,18). The van der Waals surface area contributed by atoms with Gasteiger partial charge >= 0.3 is 0 Å². The number of hydrogen-bond acceptors (Lipinski definition) is 1. The Kier molecular flexibility index (Phi) is 3.99. The normalized spacial score (nSPS) is 10.2. The summed E-state index contributed by atoms with van der Waals surface area (Å²) in [6.45, 7) is 0. The largest absolute Gasteiger partial charge is 0.321 e. The highest BCUT2D eigenvalue weighted by atomic mass is 79.9. The molecule has 2 rings (SSSR count). The minimum atomic E-state index is -0.423. The summed E-state index contributed by atoms with van der Waals surface area (Å²) in [5.41, 5.74) is 0.704. The topological polar surface area (TPSA) is 29.1 Å². The molecule has 1 N–H and O–H groups in total. The Morgan fingerprint density at radius 2 is 1.94 bits per heavy atom. The molecular weight excluding hydrogens is 321 g/mol. The van der Waals surface area contributed by atoms with Crippen LogP contribution in [0.3, 0.4) is 0 Å². The van der Waals surface area contributed by atoms with E-state index in [-0.39, 0.29) is 5.91 Å². The molecule has 18 heavy (non-hydrogen) atoms. The number of nitrogens with one attached hydrogen (secondary N) is 1. The molecule has 0 aliphatic carbocycles. The molecule has 0 fully saturated rings. The highest BCUT2D eigenvalue weighted by Crippen LogP contribution is 2.24. The maximum absolute atomic E-state index is 13.1. The number of carbonyl (C=O) groups is 1. The van der Waals surface area contributed by atoms with Gasteiger partial charge in [0.2, 0.25) is 0 Å². The first-order chi connectivity index (χ1) is 8.58. The van der Waals surface area contributed by atoms with Crippen LogP contribution in [0, 0.1) is 5.82 Å². The Balaban J connectivity index is 2.27. The van der Waals surface area contributed by atoms with Gasteiger partial charge in [-0.2, -0.15) is 0 Å². The molecule has 0 spiro atoms. The molecule has 0 aliphatic rings. The van der Waals surface area contributed by atoms with Crippen LogP contribution in [0.2, 0.25) is 5.02 Å². The van der Waals surface area contributed by atoms with E-state index in [0.29, 0.717) is 20.7 Å². The molecule has 5 heteroatoms. The number of benzene rings is 2. The summed E-state index contributed by atoms with van der Waals surface area (Å²) in [5, 5.41) is 2.95. The smallest absolute Gasteiger partial charge is 0.257 e. The van der Waals surface area contributed by atoms with Crippen LogP contribution in [0.4, 0.5) is 10.1 Å². The van der Waals surface area contributed by atoms with Crippen molar-refractivity contribution in [3.05, 3.63) is 63.3 Å². The Morgan fingerprint density at radius 1 is 1.22 bits per heavy atom. The van der Waals surface area contributed by atoms with Crippen molar-refractivity contribution < 1.29 is 9.18 Å². The lowest BCUT2D eigenvalue weighted by Gasteiger charge is -2.08. The van der Waals surface area contributed by atoms with Crippen molar-refractivity contribution in [3.63, 3.8) is 0 Å². The summed E-state index contributed by atoms with van der Waals surface area (Å²) in [6.07, 6.45) is 0. The first kappa shape index (κ1) is 13.1. The van der Waals surface area contributed by atoms with Crippen LogP contribution >= 0.6 is 27.5 Å². The van der Waals surface area contributed by atoms with E-state index in [2.05, 4.69) is 21.2 Å². The number of hydrogen-bond donors (Lipinski definition) is 1. The lowest BCUT2D eigenvalue weighted by molar-refractivity contribution is 0.102. The maximum Gasteiger partial charge on any atom is 0.257 e. The lowest BCUT2D eigenvalue weighted by atomic mass is 10.2. The number of halogens is 3. The molecule has 0 atom stereocenters. The SMILES string of the molecule is O=C(Nc1cc(F)ccc1Br)c1ccccc1Cl. The van der Waals surface area contributed by atoms with Crippen molar-refractivity contribution in [1.29, 1.82) is 0 Å². The highest BCUT2D eigenvalue weighted by molar-refractivity contribution is 9.10. The van der Waals surface area contributed by atoms with Crippen molar-refractivity contribution in [3.8, 4) is 0 Å². The van der Waals surface area contributed by atoms with E-state index in [4.69, 9.17) is 11.6 Å². The first-order valence-corrected chi connectivity index (χ1v) is 6.26. The summed E-state index contributed by atoms with van der Waals surface area (Å²) in [6, 6.07) is 10.7. The third-order valence-corrected chi connectivity index (χ3v) is 3.32. The molecule has 0 bridgehead atoms. The molecule has 0 saturated carbocycles. The van der Waals surface area contributed by atoms with Gasteiger partial charge in [-0.05, 0) is 46.3 Å². The van der Waals surface area contributed by atoms with Crippen molar-refractivity contribution in [1.82, 2.24) is 0 Å². The quantitative estimate of drug-likeness (QED) is 0.864. The van der Waals surface area contributed by atoms with E-state index < -0.39 is 5.82 Å². The van der Waals surface area contributed by atoms with Crippen LogP contribution in [0.25, 0.3) is 0 Å². The number of rotatable bonds is 2. The zero-order chi connectivity index (χ0) is 13.1. The fourth-order valence-electron chi connectivity index (χ4n) is 1.43. The second-order valence-corrected chi connectivity index (χ2v) is 4.82. The Hall–Kier alpha value is -1.39. The Bertz CT molecular complexity index is 603. The van der Waals surface area contributed by atoms with E-state index in [1.54, 1.807) is 24.3 Å². The van der Waals surface area contributed by atoms with Crippen LogP contribution in [0.15, 0.2) is 46.9 Å². The van der Waals surface area contributed by atoms with Crippen LogP contribution in [-0.2, 0) is 0 Å². The Morgan fingerprint density at radius 3 is 2.67 bits per heavy atom. The Labute approximate surface area is 117 Å². The summed E-state index contributed by atoms with van der Waals surface area (Å²) >= 11 is 9.15. The lowest BCUT2D eigenvalue weighted by Crippen LogP contribution is -2.12. The highest BCUT2D eigenvalue weighted by Gasteiger charge is 2.11. The molecule has 92 valence electrons. The molecule has 2 nitrogen and oxygen atoms in total. The fraction of sp³-hybridized carbons (Fsp3) is 0. The molecule has 2 aromatic rings. The molecule has 0 radical (unpaired) electrons. The summed E-state index contributed by atoms with van der Waals surface area (Å²) < 4.78 is 13.7. The van der Waals surface area contributed by atoms with Gasteiger partial charge in [-0.25, -0.2) is 4.39 Å². The van der Waals surface area contributed by atoms with Crippen molar-refractivity contribution >= 4 is 39.1 Å². The third-order valence-electron chi connectivity index (χ3n) is 2.30. The van der Waals surface area contributed by atoms with E-state index >= 15 is 0 Å². The van der Waals surface area contributed by atoms with Crippen LogP contribution in [-0.4, -0.2) is 5.91 Å². The average molecular weight is 329 g/mol. The minimum absolute atomic E-state index is 0.343. The number of anilines is 1. The molecule has 0 saturated heterocycles. The van der Waals surface area contributed by atoms with Gasteiger partial charge in [0, 0.05) is 4.47 Å². The zero-order valence-corrected chi connectivity index (χ0v) is 11.4. The van der Waals surface area contributed by atoms with Crippen LogP contribution < -0.4 is 5.32 Å². The fourth-order valence-corrected chi connectivity index (χ4v) is 2.00. The number of amides is 1.